The van der Waals surface area contributed by atoms with Gasteiger partial charge in [-0.15, -0.1) is 0 Å². The summed E-state index contributed by atoms with van der Waals surface area (Å²) in [4.78, 5) is 1.98. The van der Waals surface area contributed by atoms with Crippen molar-refractivity contribution in [1.82, 2.24) is 4.90 Å². The number of hydrogen-bond acceptors (Lipinski definition) is 3. The number of nitrogens with two attached hydrogens (primary N) is 1. The molecule has 0 aliphatic carbocycles. The number of methoxy groups -OCH3 is 1. The van der Waals surface area contributed by atoms with E-state index in [0.29, 0.717) is 25.6 Å². The summed E-state index contributed by atoms with van der Waals surface area (Å²) in [6.45, 7) is 6.08. The highest BCUT2D eigenvalue weighted by Crippen LogP contribution is 2.26. The largest absolute Gasteiger partial charge is 0.383 e. The molecule has 1 unspecified atom stereocenters. The molecule has 2 N–H and O–H groups in total. The molecule has 0 saturated heterocycles. The topological polar surface area (TPSA) is 38.5 Å². The van der Waals surface area contributed by atoms with Gasteiger partial charge in [-0.05, 0) is 18.1 Å². The molecule has 0 radical (unpaired) electrons. The van der Waals surface area contributed by atoms with Crippen LogP contribution in [0, 0.1) is 17.6 Å². The lowest BCUT2D eigenvalue weighted by Gasteiger charge is -2.32. The van der Waals surface area contributed by atoms with E-state index in [1.807, 2.05) is 4.90 Å². The van der Waals surface area contributed by atoms with Crippen LogP contribution >= 0.6 is 0 Å². The van der Waals surface area contributed by atoms with E-state index >= 15 is 0 Å². The SMILES string of the molecule is COCCN(CC(C)C)C(CN)c1c(F)cccc1F. The summed E-state index contributed by atoms with van der Waals surface area (Å²) in [5.41, 5.74) is 5.82. The molecule has 20 heavy (non-hydrogen) atoms. The molecule has 1 rings (SSSR count). The van der Waals surface area contributed by atoms with E-state index in [4.69, 9.17) is 10.5 Å². The third-order valence-corrected chi connectivity index (χ3v) is 3.18. The zero-order valence-corrected chi connectivity index (χ0v) is 12.4. The molecule has 1 aromatic carbocycles. The van der Waals surface area contributed by atoms with Crippen molar-refractivity contribution in [1.29, 1.82) is 0 Å². The van der Waals surface area contributed by atoms with Crippen molar-refractivity contribution in [3.63, 3.8) is 0 Å². The molecule has 1 aromatic rings. The van der Waals surface area contributed by atoms with E-state index in [1.165, 1.54) is 18.2 Å². The van der Waals surface area contributed by atoms with Gasteiger partial charge >= 0.3 is 0 Å². The molecule has 1 atom stereocenters. The Bertz CT molecular complexity index is 393. The van der Waals surface area contributed by atoms with Crippen molar-refractivity contribution in [3.8, 4) is 0 Å². The van der Waals surface area contributed by atoms with Gasteiger partial charge in [0.25, 0.3) is 0 Å². The standard InChI is InChI=1S/C15H24F2N2O/c1-11(2)10-19(7-8-20-3)14(9-18)15-12(16)5-4-6-13(15)17/h4-6,11,14H,7-10,18H2,1-3H3. The number of nitrogens with zero attached hydrogens (tertiary/aromatic N) is 1. The van der Waals surface area contributed by atoms with Gasteiger partial charge in [-0.3, -0.25) is 4.90 Å². The second-order valence-electron chi connectivity index (χ2n) is 5.27. The lowest BCUT2D eigenvalue weighted by Crippen LogP contribution is -2.39. The molecule has 5 heteroatoms. The fraction of sp³-hybridized carbons (Fsp3) is 0.600. The average Bonchev–Trinajstić information content (AvgIpc) is 2.39. The zero-order valence-electron chi connectivity index (χ0n) is 12.4. The molecule has 3 nitrogen and oxygen atoms in total. The van der Waals surface area contributed by atoms with Crippen LogP contribution in [-0.2, 0) is 4.74 Å². The minimum absolute atomic E-state index is 0.0479. The van der Waals surface area contributed by atoms with Crippen LogP contribution in [0.25, 0.3) is 0 Å². The highest BCUT2D eigenvalue weighted by Gasteiger charge is 2.25. The van der Waals surface area contributed by atoms with E-state index in [2.05, 4.69) is 13.8 Å². The smallest absolute Gasteiger partial charge is 0.130 e. The van der Waals surface area contributed by atoms with Crippen LogP contribution in [0.5, 0.6) is 0 Å². The average molecular weight is 286 g/mol. The molecular weight excluding hydrogens is 262 g/mol. The minimum atomic E-state index is -0.549. The summed E-state index contributed by atoms with van der Waals surface area (Å²) in [5.74, 6) is -0.728. The summed E-state index contributed by atoms with van der Waals surface area (Å²) in [5, 5.41) is 0. The molecule has 0 heterocycles. The van der Waals surface area contributed by atoms with Crippen LogP contribution in [0.2, 0.25) is 0 Å². The summed E-state index contributed by atoms with van der Waals surface area (Å²) < 4.78 is 33.0. The summed E-state index contributed by atoms with van der Waals surface area (Å²) in [6, 6.07) is 3.42. The van der Waals surface area contributed by atoms with Crippen LogP contribution in [0.4, 0.5) is 8.78 Å². The van der Waals surface area contributed by atoms with Gasteiger partial charge in [0.15, 0.2) is 0 Å². The van der Waals surface area contributed by atoms with Gasteiger partial charge < -0.3 is 10.5 Å². The van der Waals surface area contributed by atoms with Crippen LogP contribution in [0.1, 0.15) is 25.5 Å². The fourth-order valence-electron chi connectivity index (χ4n) is 2.33. The lowest BCUT2D eigenvalue weighted by molar-refractivity contribution is 0.109. The third kappa shape index (κ3) is 4.51. The minimum Gasteiger partial charge on any atom is -0.383 e. The Morgan fingerprint density at radius 1 is 1.25 bits per heavy atom. The Morgan fingerprint density at radius 3 is 2.30 bits per heavy atom. The number of ether oxygens (including phenoxy) is 1. The van der Waals surface area contributed by atoms with Crippen molar-refractivity contribution >= 4 is 0 Å². The van der Waals surface area contributed by atoms with Gasteiger partial charge in [-0.1, -0.05) is 19.9 Å². The van der Waals surface area contributed by atoms with Gasteiger partial charge in [-0.25, -0.2) is 8.78 Å². The summed E-state index contributed by atoms with van der Waals surface area (Å²) in [6.07, 6.45) is 0. The Balaban J connectivity index is 3.05. The monoisotopic (exact) mass is 286 g/mol. The first kappa shape index (κ1) is 17.0. The molecule has 0 amide bonds. The van der Waals surface area contributed by atoms with E-state index in [0.717, 1.165) is 0 Å². The Hall–Kier alpha value is -1.04. The predicted octanol–water partition coefficient (Wildman–Crippen LogP) is 2.57. The fourth-order valence-corrected chi connectivity index (χ4v) is 2.33. The van der Waals surface area contributed by atoms with Gasteiger partial charge in [0.1, 0.15) is 11.6 Å². The maximum atomic E-state index is 14.0. The quantitative estimate of drug-likeness (QED) is 0.798. The van der Waals surface area contributed by atoms with Crippen LogP contribution in [0.3, 0.4) is 0 Å². The lowest BCUT2D eigenvalue weighted by atomic mass is 10.0. The molecule has 0 saturated carbocycles. The maximum Gasteiger partial charge on any atom is 0.130 e. The van der Waals surface area contributed by atoms with E-state index in [-0.39, 0.29) is 12.1 Å². The van der Waals surface area contributed by atoms with Crippen molar-refractivity contribution in [3.05, 3.63) is 35.4 Å². The highest BCUT2D eigenvalue weighted by atomic mass is 19.1. The van der Waals surface area contributed by atoms with Crippen LogP contribution in [0.15, 0.2) is 18.2 Å². The van der Waals surface area contributed by atoms with E-state index in [9.17, 15) is 8.78 Å². The second-order valence-corrected chi connectivity index (χ2v) is 5.27. The summed E-state index contributed by atoms with van der Waals surface area (Å²) in [7, 11) is 1.61. The molecule has 0 aliphatic heterocycles. The molecule has 0 spiro atoms. The Labute approximate surface area is 119 Å². The number of rotatable bonds is 8. The maximum absolute atomic E-state index is 14.0. The van der Waals surface area contributed by atoms with Gasteiger partial charge in [-0.2, -0.15) is 0 Å². The number of hydrogen-bond donors (Lipinski definition) is 1. The van der Waals surface area contributed by atoms with Gasteiger partial charge in [0.05, 0.1) is 12.6 Å². The van der Waals surface area contributed by atoms with Crippen LogP contribution in [-0.4, -0.2) is 38.3 Å². The summed E-state index contributed by atoms with van der Waals surface area (Å²) >= 11 is 0. The van der Waals surface area contributed by atoms with Crippen molar-refractivity contribution in [2.45, 2.75) is 19.9 Å². The van der Waals surface area contributed by atoms with Crippen molar-refractivity contribution in [2.75, 3.05) is 33.4 Å². The predicted molar refractivity (Wildman–Crippen MR) is 76.4 cm³/mol. The number of benzene rings is 1. The molecule has 0 bridgehead atoms. The van der Waals surface area contributed by atoms with Crippen LogP contribution < -0.4 is 5.73 Å². The number of halogens is 2. The normalized spacial score (nSPS) is 13.2. The van der Waals surface area contributed by atoms with Gasteiger partial charge in [0, 0.05) is 32.3 Å². The molecular formula is C15H24F2N2O. The molecule has 114 valence electrons. The van der Waals surface area contributed by atoms with Crippen molar-refractivity contribution < 1.29 is 13.5 Å². The molecule has 0 aromatic heterocycles. The highest BCUT2D eigenvalue weighted by molar-refractivity contribution is 5.24. The third-order valence-electron chi connectivity index (χ3n) is 3.18. The second kappa shape index (κ2) is 8.29. The van der Waals surface area contributed by atoms with Crippen molar-refractivity contribution in [2.24, 2.45) is 11.7 Å². The van der Waals surface area contributed by atoms with Gasteiger partial charge in [0.2, 0.25) is 0 Å². The first-order chi connectivity index (χ1) is 9.51. The molecule has 0 fully saturated rings. The first-order valence-electron chi connectivity index (χ1n) is 6.88. The molecule has 0 aliphatic rings. The Kier molecular flexibility index (Phi) is 7.05. The first-order valence-corrected chi connectivity index (χ1v) is 6.88. The Morgan fingerprint density at radius 2 is 1.85 bits per heavy atom. The zero-order chi connectivity index (χ0) is 15.1. The van der Waals surface area contributed by atoms with E-state index in [1.54, 1.807) is 7.11 Å². The van der Waals surface area contributed by atoms with E-state index < -0.39 is 17.7 Å².